The Labute approximate surface area is 210 Å². The van der Waals surface area contributed by atoms with Crippen molar-refractivity contribution in [1.29, 1.82) is 0 Å². The highest BCUT2D eigenvalue weighted by atomic mass is 32.2. The normalized spacial score (nSPS) is 23.2. The summed E-state index contributed by atoms with van der Waals surface area (Å²) in [6.07, 6.45) is 7.59. The Kier molecular flexibility index (Phi) is 5.28. The Bertz CT molecular complexity index is 1520. The van der Waals surface area contributed by atoms with E-state index in [1.807, 2.05) is 16.9 Å². The van der Waals surface area contributed by atoms with E-state index in [0.717, 1.165) is 59.0 Å². The van der Waals surface area contributed by atoms with Gasteiger partial charge in [0, 0.05) is 28.6 Å². The third kappa shape index (κ3) is 3.64. The van der Waals surface area contributed by atoms with Gasteiger partial charge in [-0.2, -0.15) is 8.42 Å². The van der Waals surface area contributed by atoms with Gasteiger partial charge >= 0.3 is 0 Å². The van der Waals surface area contributed by atoms with Crippen LogP contribution in [0.4, 0.5) is 0 Å². The molecule has 0 radical (unpaired) electrons. The van der Waals surface area contributed by atoms with Crippen molar-refractivity contribution < 1.29 is 22.7 Å². The second kappa shape index (κ2) is 8.18. The number of hydrogen-bond donors (Lipinski definition) is 2. The molecule has 0 spiro atoms. The molecule has 6 rings (SSSR count). The van der Waals surface area contributed by atoms with Crippen molar-refractivity contribution in [2.24, 2.45) is 10.6 Å². The molecule has 188 valence electrons. The first-order valence-corrected chi connectivity index (χ1v) is 13.9. The third-order valence-corrected chi connectivity index (χ3v) is 8.78. The summed E-state index contributed by atoms with van der Waals surface area (Å²) in [5.41, 5.74) is 5.13. The summed E-state index contributed by atoms with van der Waals surface area (Å²) in [5.74, 6) is 0.481. The second-order valence-corrected chi connectivity index (χ2v) is 11.7. The van der Waals surface area contributed by atoms with Crippen LogP contribution in [0.2, 0.25) is 0 Å². The molecule has 1 aromatic heterocycles. The number of nitrogens with two attached hydrogens (primary N) is 1. The Hall–Kier alpha value is -3.17. The number of methoxy groups -OCH3 is 1. The van der Waals surface area contributed by atoms with Gasteiger partial charge in [-0.05, 0) is 72.6 Å². The quantitative estimate of drug-likeness (QED) is 0.506. The second-order valence-electron chi connectivity index (χ2n) is 10.5. The average molecular weight is 508 g/mol. The van der Waals surface area contributed by atoms with Crippen molar-refractivity contribution in [1.82, 2.24) is 9.29 Å². The number of fused-ring (bicyclic) bond motifs is 7. The van der Waals surface area contributed by atoms with E-state index in [1.54, 1.807) is 19.2 Å². The Balaban J connectivity index is 1.63. The molecule has 2 aromatic carbocycles. The predicted molar refractivity (Wildman–Crippen MR) is 136 cm³/mol. The van der Waals surface area contributed by atoms with E-state index in [-0.39, 0.29) is 11.5 Å². The van der Waals surface area contributed by atoms with Gasteiger partial charge in [-0.3, -0.25) is 4.79 Å². The first-order valence-electron chi connectivity index (χ1n) is 12.4. The lowest BCUT2D eigenvalue weighted by Gasteiger charge is -2.24. The molecule has 8 nitrogen and oxygen atoms in total. The average Bonchev–Trinajstić information content (AvgIpc) is 3.52. The molecule has 2 unspecified atom stereocenters. The standard InChI is InChI=1S/C27H29N3O5S/c1-35-18-8-10-19-21(12-18)22-13-27(22,15-31)14-30-23-11-17(26(32)29-36(28,33)34)7-9-20(23)24(25(19)30)16-5-3-2-4-6-16/h7-12,15-16,22H,2-6,13-14H2,1H3,(H,29,32)(H2,28,33,34). The maximum absolute atomic E-state index is 12.7. The minimum atomic E-state index is -4.19. The smallest absolute Gasteiger partial charge is 0.298 e. The molecule has 1 aliphatic heterocycles. The summed E-state index contributed by atoms with van der Waals surface area (Å²) < 4.78 is 32.5. The molecule has 2 saturated carbocycles. The SMILES string of the molecule is COc1ccc2c(c1)C1CC1(C=O)Cn1c-2c(C2CCCCC2)c2ccc(C(=O)NS(N)(=O)=O)cc21. The van der Waals surface area contributed by atoms with Gasteiger partial charge in [0.15, 0.2) is 0 Å². The van der Waals surface area contributed by atoms with E-state index >= 15 is 0 Å². The van der Waals surface area contributed by atoms with Crippen LogP contribution in [-0.4, -0.2) is 32.3 Å². The predicted octanol–water partition coefficient (Wildman–Crippen LogP) is 3.98. The lowest BCUT2D eigenvalue weighted by atomic mass is 9.81. The molecule has 3 N–H and O–H groups in total. The summed E-state index contributed by atoms with van der Waals surface area (Å²) in [7, 11) is -2.54. The zero-order valence-electron chi connectivity index (χ0n) is 20.1. The number of aromatic nitrogens is 1. The highest BCUT2D eigenvalue weighted by Gasteiger charge is 2.58. The molecule has 0 saturated heterocycles. The van der Waals surface area contributed by atoms with Crippen LogP contribution in [0.25, 0.3) is 22.2 Å². The zero-order chi connectivity index (χ0) is 25.2. The van der Waals surface area contributed by atoms with Gasteiger partial charge in [-0.15, -0.1) is 0 Å². The largest absolute Gasteiger partial charge is 0.497 e. The Morgan fingerprint density at radius 2 is 1.94 bits per heavy atom. The molecule has 2 fully saturated rings. The molecular formula is C27H29N3O5S. The minimum absolute atomic E-state index is 0.114. The number of hydrogen-bond acceptors (Lipinski definition) is 5. The molecule has 2 aliphatic carbocycles. The number of carbonyl (C=O) groups is 2. The maximum atomic E-state index is 12.7. The van der Waals surface area contributed by atoms with Gasteiger partial charge in [0.1, 0.15) is 12.0 Å². The molecule has 3 aromatic rings. The fourth-order valence-corrected chi connectivity index (χ4v) is 6.89. The van der Waals surface area contributed by atoms with Crippen LogP contribution in [0.1, 0.15) is 71.8 Å². The molecule has 36 heavy (non-hydrogen) atoms. The maximum Gasteiger partial charge on any atom is 0.298 e. The van der Waals surface area contributed by atoms with Gasteiger partial charge < -0.3 is 14.1 Å². The van der Waals surface area contributed by atoms with Crippen LogP contribution in [0.3, 0.4) is 0 Å². The summed E-state index contributed by atoms with van der Waals surface area (Å²) in [5, 5.41) is 6.09. The molecule has 2 heterocycles. The first kappa shape index (κ1) is 23.2. The lowest BCUT2D eigenvalue weighted by molar-refractivity contribution is -0.112. The summed E-state index contributed by atoms with van der Waals surface area (Å²) >= 11 is 0. The molecule has 2 atom stereocenters. The molecule has 3 aliphatic rings. The molecular weight excluding hydrogens is 478 g/mol. The van der Waals surface area contributed by atoms with Crippen LogP contribution in [-0.2, 0) is 21.5 Å². The van der Waals surface area contributed by atoms with Crippen LogP contribution in [0, 0.1) is 5.41 Å². The van der Waals surface area contributed by atoms with Crippen LogP contribution >= 0.6 is 0 Å². The van der Waals surface area contributed by atoms with Crippen molar-refractivity contribution >= 4 is 33.3 Å². The van der Waals surface area contributed by atoms with Crippen molar-refractivity contribution in [2.45, 2.75) is 56.9 Å². The monoisotopic (exact) mass is 507 g/mol. The van der Waals surface area contributed by atoms with E-state index in [0.29, 0.717) is 12.5 Å². The van der Waals surface area contributed by atoms with Crippen LogP contribution in [0.15, 0.2) is 36.4 Å². The van der Waals surface area contributed by atoms with E-state index in [2.05, 4.69) is 16.7 Å². The van der Waals surface area contributed by atoms with Crippen LogP contribution in [0.5, 0.6) is 5.75 Å². The van der Waals surface area contributed by atoms with Crippen molar-refractivity contribution in [3.05, 3.63) is 53.1 Å². The van der Waals surface area contributed by atoms with E-state index in [4.69, 9.17) is 9.88 Å². The summed E-state index contributed by atoms with van der Waals surface area (Å²) in [6, 6.07) is 11.4. The van der Waals surface area contributed by atoms with E-state index in [1.165, 1.54) is 24.8 Å². The first-order chi connectivity index (χ1) is 17.2. The van der Waals surface area contributed by atoms with E-state index < -0.39 is 21.5 Å². The van der Waals surface area contributed by atoms with Gasteiger partial charge in [-0.1, -0.05) is 25.3 Å². The molecule has 9 heteroatoms. The van der Waals surface area contributed by atoms with Crippen LogP contribution < -0.4 is 14.6 Å². The number of amides is 1. The number of aldehydes is 1. The highest BCUT2D eigenvalue weighted by molar-refractivity contribution is 7.87. The van der Waals surface area contributed by atoms with Crippen molar-refractivity contribution in [3.63, 3.8) is 0 Å². The van der Waals surface area contributed by atoms with Crippen molar-refractivity contribution in [2.75, 3.05) is 7.11 Å². The molecule has 0 bridgehead atoms. The van der Waals surface area contributed by atoms with Gasteiger partial charge in [0.25, 0.3) is 16.1 Å². The van der Waals surface area contributed by atoms with Crippen molar-refractivity contribution in [3.8, 4) is 17.0 Å². The minimum Gasteiger partial charge on any atom is -0.497 e. The number of carbonyl (C=O) groups excluding carboxylic acids is 2. The zero-order valence-corrected chi connectivity index (χ0v) is 20.9. The van der Waals surface area contributed by atoms with Gasteiger partial charge in [0.2, 0.25) is 0 Å². The lowest BCUT2D eigenvalue weighted by Crippen LogP contribution is -2.35. The Morgan fingerprint density at radius 1 is 1.17 bits per heavy atom. The fourth-order valence-electron chi connectivity index (χ4n) is 6.51. The molecule has 1 amide bonds. The number of nitrogens with zero attached hydrogens (tertiary/aromatic N) is 1. The summed E-state index contributed by atoms with van der Waals surface area (Å²) in [6.45, 7) is 0.511. The third-order valence-electron chi connectivity index (χ3n) is 8.31. The topological polar surface area (TPSA) is 120 Å². The number of benzene rings is 2. The van der Waals surface area contributed by atoms with Gasteiger partial charge in [-0.25, -0.2) is 9.86 Å². The number of ether oxygens (including phenoxy) is 1. The fraction of sp³-hybridized carbons (Fsp3) is 0.407. The summed E-state index contributed by atoms with van der Waals surface area (Å²) in [4.78, 5) is 25.1. The van der Waals surface area contributed by atoms with E-state index in [9.17, 15) is 18.0 Å². The number of nitrogens with one attached hydrogen (secondary N) is 1. The number of rotatable bonds is 5. The van der Waals surface area contributed by atoms with Gasteiger partial charge in [0.05, 0.1) is 18.2 Å². The Morgan fingerprint density at radius 3 is 2.64 bits per heavy atom. The highest BCUT2D eigenvalue weighted by Crippen LogP contribution is 2.64.